The molecule has 18 heavy (non-hydrogen) atoms. The van der Waals surface area contributed by atoms with E-state index in [9.17, 15) is 0 Å². The van der Waals surface area contributed by atoms with Crippen molar-refractivity contribution in [3.63, 3.8) is 0 Å². The van der Waals surface area contributed by atoms with Crippen molar-refractivity contribution in [3.8, 4) is 22.4 Å². The van der Waals surface area contributed by atoms with E-state index in [-0.39, 0.29) is 0 Å². The highest BCUT2D eigenvalue weighted by Crippen LogP contribution is 2.29. The minimum Gasteiger partial charge on any atom is -0.264 e. The third kappa shape index (κ3) is 2.00. The standard InChI is InChI=1S/C16H12N2/c1-2-6-13(7-3-1)14-9-11-17-12-15(14)16-8-4-5-10-18-16/h1-12H. The molecule has 0 unspecified atom stereocenters. The summed E-state index contributed by atoms with van der Waals surface area (Å²) in [6.45, 7) is 0. The molecule has 0 atom stereocenters. The maximum Gasteiger partial charge on any atom is 0.0723 e. The molecule has 0 amide bonds. The van der Waals surface area contributed by atoms with Crippen LogP contribution in [0, 0.1) is 0 Å². The largest absolute Gasteiger partial charge is 0.264 e. The first kappa shape index (κ1) is 10.7. The van der Waals surface area contributed by atoms with Crippen LogP contribution in [-0.2, 0) is 0 Å². The van der Waals surface area contributed by atoms with Crippen LogP contribution in [0.25, 0.3) is 22.4 Å². The Labute approximate surface area is 106 Å². The van der Waals surface area contributed by atoms with E-state index in [1.165, 1.54) is 5.56 Å². The molecule has 3 rings (SSSR count). The molecule has 2 heteroatoms. The molecule has 0 aliphatic carbocycles. The lowest BCUT2D eigenvalue weighted by Crippen LogP contribution is -1.88. The van der Waals surface area contributed by atoms with Gasteiger partial charge in [-0.05, 0) is 29.3 Å². The molecule has 2 nitrogen and oxygen atoms in total. The lowest BCUT2D eigenvalue weighted by atomic mass is 10.00. The number of hydrogen-bond donors (Lipinski definition) is 0. The fraction of sp³-hybridized carbons (Fsp3) is 0. The summed E-state index contributed by atoms with van der Waals surface area (Å²) < 4.78 is 0. The molecule has 0 saturated heterocycles. The van der Waals surface area contributed by atoms with Crippen molar-refractivity contribution in [1.29, 1.82) is 0 Å². The zero-order chi connectivity index (χ0) is 12.2. The molecule has 1 aromatic carbocycles. The molecule has 0 bridgehead atoms. The van der Waals surface area contributed by atoms with Gasteiger partial charge in [-0.2, -0.15) is 0 Å². The molecule has 0 spiro atoms. The molecule has 86 valence electrons. The third-order valence-corrected chi connectivity index (χ3v) is 2.85. The van der Waals surface area contributed by atoms with Crippen molar-refractivity contribution in [2.24, 2.45) is 0 Å². The van der Waals surface area contributed by atoms with Crippen molar-refractivity contribution < 1.29 is 0 Å². The predicted molar refractivity (Wildman–Crippen MR) is 72.9 cm³/mol. The number of hydrogen-bond acceptors (Lipinski definition) is 2. The van der Waals surface area contributed by atoms with Gasteiger partial charge in [0.1, 0.15) is 0 Å². The van der Waals surface area contributed by atoms with E-state index in [0.29, 0.717) is 0 Å². The van der Waals surface area contributed by atoms with Crippen molar-refractivity contribution in [1.82, 2.24) is 9.97 Å². The monoisotopic (exact) mass is 232 g/mol. The fourth-order valence-corrected chi connectivity index (χ4v) is 1.99. The van der Waals surface area contributed by atoms with Crippen LogP contribution in [0.5, 0.6) is 0 Å². The van der Waals surface area contributed by atoms with Crippen LogP contribution >= 0.6 is 0 Å². The van der Waals surface area contributed by atoms with Crippen molar-refractivity contribution in [2.45, 2.75) is 0 Å². The Hall–Kier alpha value is -2.48. The molecule has 0 aliphatic rings. The van der Waals surface area contributed by atoms with Gasteiger partial charge in [0.2, 0.25) is 0 Å². The van der Waals surface area contributed by atoms with Gasteiger partial charge < -0.3 is 0 Å². The molecule has 2 aromatic heterocycles. The van der Waals surface area contributed by atoms with Crippen LogP contribution in [0.4, 0.5) is 0 Å². The molecule has 0 aliphatic heterocycles. The molecule has 0 fully saturated rings. The van der Waals surface area contributed by atoms with E-state index in [1.807, 2.05) is 54.9 Å². The van der Waals surface area contributed by atoms with Crippen LogP contribution in [0.3, 0.4) is 0 Å². The minimum absolute atomic E-state index is 0.949. The van der Waals surface area contributed by atoms with Crippen molar-refractivity contribution in [2.75, 3.05) is 0 Å². The summed E-state index contributed by atoms with van der Waals surface area (Å²) in [6.07, 6.45) is 5.48. The van der Waals surface area contributed by atoms with Gasteiger partial charge in [-0.1, -0.05) is 36.4 Å². The summed E-state index contributed by atoms with van der Waals surface area (Å²) in [5, 5.41) is 0. The Bertz CT molecular complexity index is 575. The molecule has 0 radical (unpaired) electrons. The quantitative estimate of drug-likeness (QED) is 0.671. The van der Waals surface area contributed by atoms with Crippen LogP contribution in [-0.4, -0.2) is 9.97 Å². The average Bonchev–Trinajstić information content (AvgIpc) is 2.49. The summed E-state index contributed by atoms with van der Waals surface area (Å²) in [5.41, 5.74) is 4.35. The summed E-state index contributed by atoms with van der Waals surface area (Å²) in [6, 6.07) is 18.2. The first-order valence-corrected chi connectivity index (χ1v) is 5.86. The SMILES string of the molecule is c1ccc(-c2ccncc2-c2ccccn2)cc1. The van der Waals surface area contributed by atoms with Gasteiger partial charge in [-0.25, -0.2) is 0 Å². The van der Waals surface area contributed by atoms with Crippen molar-refractivity contribution in [3.05, 3.63) is 73.2 Å². The number of aromatic nitrogens is 2. The number of rotatable bonds is 2. The Balaban J connectivity index is 2.18. The van der Waals surface area contributed by atoms with E-state index in [0.717, 1.165) is 16.8 Å². The van der Waals surface area contributed by atoms with Gasteiger partial charge in [-0.3, -0.25) is 9.97 Å². The van der Waals surface area contributed by atoms with Crippen LogP contribution < -0.4 is 0 Å². The topological polar surface area (TPSA) is 25.8 Å². The zero-order valence-corrected chi connectivity index (χ0v) is 9.82. The Morgan fingerprint density at radius 2 is 1.50 bits per heavy atom. The Morgan fingerprint density at radius 1 is 0.667 bits per heavy atom. The average molecular weight is 232 g/mol. The van der Waals surface area contributed by atoms with E-state index in [4.69, 9.17) is 0 Å². The molecule has 3 aromatic rings. The number of benzene rings is 1. The fourth-order valence-electron chi connectivity index (χ4n) is 1.99. The molecule has 0 saturated carbocycles. The molecule has 0 N–H and O–H groups in total. The predicted octanol–water partition coefficient (Wildman–Crippen LogP) is 3.81. The van der Waals surface area contributed by atoms with Gasteiger partial charge >= 0.3 is 0 Å². The third-order valence-electron chi connectivity index (χ3n) is 2.85. The van der Waals surface area contributed by atoms with Gasteiger partial charge in [0.15, 0.2) is 0 Å². The summed E-state index contributed by atoms with van der Waals surface area (Å²) in [5.74, 6) is 0. The second kappa shape index (κ2) is 4.80. The van der Waals surface area contributed by atoms with Crippen LogP contribution in [0.2, 0.25) is 0 Å². The van der Waals surface area contributed by atoms with E-state index in [1.54, 1.807) is 6.20 Å². The molecular formula is C16H12N2. The van der Waals surface area contributed by atoms with Gasteiger partial charge in [0.05, 0.1) is 5.69 Å². The maximum atomic E-state index is 4.40. The first-order chi connectivity index (χ1) is 8.95. The van der Waals surface area contributed by atoms with Crippen LogP contribution in [0.1, 0.15) is 0 Å². The highest BCUT2D eigenvalue weighted by Gasteiger charge is 2.07. The number of nitrogens with zero attached hydrogens (tertiary/aromatic N) is 2. The summed E-state index contributed by atoms with van der Waals surface area (Å²) >= 11 is 0. The summed E-state index contributed by atoms with van der Waals surface area (Å²) in [7, 11) is 0. The van der Waals surface area contributed by atoms with Crippen molar-refractivity contribution >= 4 is 0 Å². The van der Waals surface area contributed by atoms with E-state index >= 15 is 0 Å². The minimum atomic E-state index is 0.949. The molecular weight excluding hydrogens is 220 g/mol. The van der Waals surface area contributed by atoms with Gasteiger partial charge in [-0.15, -0.1) is 0 Å². The maximum absolute atomic E-state index is 4.40. The second-order valence-corrected chi connectivity index (χ2v) is 4.00. The second-order valence-electron chi connectivity index (χ2n) is 4.00. The highest BCUT2D eigenvalue weighted by molar-refractivity contribution is 5.80. The lowest BCUT2D eigenvalue weighted by Gasteiger charge is -2.08. The zero-order valence-electron chi connectivity index (χ0n) is 9.82. The Morgan fingerprint density at radius 3 is 2.28 bits per heavy atom. The smallest absolute Gasteiger partial charge is 0.0723 e. The van der Waals surface area contributed by atoms with Gasteiger partial charge in [0, 0.05) is 24.2 Å². The van der Waals surface area contributed by atoms with Gasteiger partial charge in [0.25, 0.3) is 0 Å². The normalized spacial score (nSPS) is 10.2. The Kier molecular flexibility index (Phi) is 2.84. The van der Waals surface area contributed by atoms with E-state index in [2.05, 4.69) is 22.1 Å². The number of pyridine rings is 2. The van der Waals surface area contributed by atoms with E-state index < -0.39 is 0 Å². The summed E-state index contributed by atoms with van der Waals surface area (Å²) in [4.78, 5) is 8.60. The highest BCUT2D eigenvalue weighted by atomic mass is 14.7. The lowest BCUT2D eigenvalue weighted by molar-refractivity contribution is 1.28. The first-order valence-electron chi connectivity index (χ1n) is 5.86. The molecule has 2 heterocycles. The van der Waals surface area contributed by atoms with Crippen LogP contribution in [0.15, 0.2) is 73.2 Å².